The molecule has 0 saturated heterocycles. The van der Waals surface area contributed by atoms with Gasteiger partial charge >= 0.3 is 5.69 Å². The Hall–Kier alpha value is -2.61. The molecule has 0 unspecified atom stereocenters. The van der Waals surface area contributed by atoms with Crippen LogP contribution in [0.3, 0.4) is 0 Å². The van der Waals surface area contributed by atoms with Crippen LogP contribution in [-0.2, 0) is 11.2 Å². The molecule has 9 heteroatoms. The molecule has 1 aromatic heterocycles. The monoisotopic (exact) mass is 351 g/mol. The minimum atomic E-state index is -0.484. The molecule has 1 aromatic carbocycles. The van der Waals surface area contributed by atoms with Gasteiger partial charge in [-0.05, 0) is 32.0 Å². The van der Waals surface area contributed by atoms with Crippen LogP contribution in [0.15, 0.2) is 23.0 Å². The smallest absolute Gasteiger partial charge is 0.339 e. The number of benzene rings is 1. The van der Waals surface area contributed by atoms with Gasteiger partial charge in [-0.25, -0.2) is 9.89 Å². The summed E-state index contributed by atoms with van der Waals surface area (Å²) in [7, 11) is 0. The van der Waals surface area contributed by atoms with Crippen LogP contribution in [0.25, 0.3) is 0 Å². The number of nitrogens with zero attached hydrogens (tertiary/aromatic N) is 2. The lowest BCUT2D eigenvalue weighted by atomic mass is 10.1. The summed E-state index contributed by atoms with van der Waals surface area (Å²) in [6.07, 6.45) is -0.122. The first-order valence-corrected chi connectivity index (χ1v) is 7.84. The zero-order chi connectivity index (χ0) is 17.7. The number of aromatic nitrogens is 3. The van der Waals surface area contributed by atoms with Gasteiger partial charge in [0.25, 0.3) is 5.91 Å². The van der Waals surface area contributed by atoms with E-state index in [2.05, 4.69) is 20.5 Å². The van der Waals surface area contributed by atoms with Crippen molar-refractivity contribution in [2.75, 3.05) is 18.4 Å². The van der Waals surface area contributed by atoms with Crippen molar-refractivity contribution in [1.29, 1.82) is 0 Å². The van der Waals surface area contributed by atoms with Crippen LogP contribution in [0.2, 0.25) is 5.02 Å². The van der Waals surface area contributed by atoms with Crippen LogP contribution in [-0.4, -0.2) is 45.0 Å². The molecule has 0 saturated carbocycles. The summed E-state index contributed by atoms with van der Waals surface area (Å²) < 4.78 is 0. The summed E-state index contributed by atoms with van der Waals surface area (Å²) in [5.41, 5.74) is 0.284. The lowest BCUT2D eigenvalue weighted by molar-refractivity contribution is -0.115. The lowest BCUT2D eigenvalue weighted by Gasteiger charge is -2.19. The van der Waals surface area contributed by atoms with Gasteiger partial charge in [0.2, 0.25) is 5.91 Å². The largest absolute Gasteiger partial charge is 0.340 e. The van der Waals surface area contributed by atoms with Crippen molar-refractivity contribution in [2.45, 2.75) is 20.3 Å². The Bertz CT molecular complexity index is 794. The van der Waals surface area contributed by atoms with Gasteiger partial charge in [-0.15, -0.1) is 0 Å². The molecule has 3 N–H and O–H groups in total. The summed E-state index contributed by atoms with van der Waals surface area (Å²) in [6, 6.07) is 4.71. The Morgan fingerprint density at radius 2 is 2.00 bits per heavy atom. The Morgan fingerprint density at radius 3 is 2.58 bits per heavy atom. The predicted molar refractivity (Wildman–Crippen MR) is 90.2 cm³/mol. The molecular formula is C15H18ClN5O3. The molecule has 0 spiro atoms. The van der Waals surface area contributed by atoms with Gasteiger partial charge in [0.15, 0.2) is 0 Å². The second kappa shape index (κ2) is 7.78. The maximum absolute atomic E-state index is 12.4. The van der Waals surface area contributed by atoms with E-state index in [1.165, 1.54) is 6.07 Å². The van der Waals surface area contributed by atoms with Crippen LogP contribution < -0.4 is 11.0 Å². The van der Waals surface area contributed by atoms with Crippen molar-refractivity contribution in [3.63, 3.8) is 0 Å². The first kappa shape index (κ1) is 17.7. The summed E-state index contributed by atoms with van der Waals surface area (Å²) in [5.74, 6) is -0.333. The van der Waals surface area contributed by atoms with Gasteiger partial charge in [0.05, 0.1) is 17.1 Å². The quantitative estimate of drug-likeness (QED) is 0.730. The fourth-order valence-corrected chi connectivity index (χ4v) is 2.35. The Morgan fingerprint density at radius 1 is 1.29 bits per heavy atom. The molecular weight excluding hydrogens is 334 g/mol. The third-order valence-electron chi connectivity index (χ3n) is 3.42. The maximum Gasteiger partial charge on any atom is 0.340 e. The maximum atomic E-state index is 12.4. The topological polar surface area (TPSA) is 111 Å². The Balaban J connectivity index is 2.14. The zero-order valence-electron chi connectivity index (χ0n) is 13.4. The van der Waals surface area contributed by atoms with Crippen molar-refractivity contribution < 1.29 is 9.59 Å². The van der Waals surface area contributed by atoms with E-state index in [-0.39, 0.29) is 18.2 Å². The van der Waals surface area contributed by atoms with Crippen LogP contribution >= 0.6 is 11.6 Å². The first-order valence-electron chi connectivity index (χ1n) is 7.46. The second-order valence-electron chi connectivity index (χ2n) is 5.02. The van der Waals surface area contributed by atoms with Crippen LogP contribution in [0.4, 0.5) is 5.69 Å². The molecule has 0 aliphatic heterocycles. The number of halogens is 1. The van der Waals surface area contributed by atoms with Gasteiger partial charge in [-0.1, -0.05) is 11.6 Å². The Labute approximate surface area is 143 Å². The Kier molecular flexibility index (Phi) is 5.75. The minimum Gasteiger partial charge on any atom is -0.339 e. The van der Waals surface area contributed by atoms with E-state index >= 15 is 0 Å². The molecule has 2 amide bonds. The van der Waals surface area contributed by atoms with Gasteiger partial charge in [0, 0.05) is 18.7 Å². The molecule has 2 aromatic rings. The number of carbonyl (C=O) groups excluding carboxylic acids is 2. The third-order valence-corrected chi connectivity index (χ3v) is 3.75. The van der Waals surface area contributed by atoms with Gasteiger partial charge < -0.3 is 10.2 Å². The molecule has 24 heavy (non-hydrogen) atoms. The van der Waals surface area contributed by atoms with Crippen molar-refractivity contribution in [1.82, 2.24) is 20.1 Å². The number of carbonyl (C=O) groups is 2. The highest BCUT2D eigenvalue weighted by Crippen LogP contribution is 2.24. The van der Waals surface area contributed by atoms with Crippen LogP contribution in [0.5, 0.6) is 0 Å². The molecule has 0 atom stereocenters. The van der Waals surface area contributed by atoms with E-state index in [1.54, 1.807) is 17.0 Å². The molecule has 128 valence electrons. The van der Waals surface area contributed by atoms with E-state index in [9.17, 15) is 14.4 Å². The number of hydrogen-bond donors (Lipinski definition) is 3. The van der Waals surface area contributed by atoms with E-state index in [1.807, 2.05) is 13.8 Å². The van der Waals surface area contributed by atoms with E-state index in [0.717, 1.165) is 0 Å². The molecule has 8 nitrogen and oxygen atoms in total. The minimum absolute atomic E-state index is 0.122. The summed E-state index contributed by atoms with van der Waals surface area (Å²) in [5, 5.41) is 8.78. The highest BCUT2D eigenvalue weighted by Gasteiger charge is 2.15. The van der Waals surface area contributed by atoms with Crippen molar-refractivity contribution in [2.24, 2.45) is 0 Å². The first-order chi connectivity index (χ1) is 11.4. The van der Waals surface area contributed by atoms with Gasteiger partial charge in [0.1, 0.15) is 5.82 Å². The van der Waals surface area contributed by atoms with Crippen LogP contribution in [0, 0.1) is 0 Å². The lowest BCUT2D eigenvalue weighted by Crippen LogP contribution is -2.30. The number of H-pyrrole nitrogens is 2. The SMILES string of the molecule is CCN(CC)C(=O)c1ccc(Cl)c(NC(=O)Cc2n[nH]c(=O)[nH]2)c1. The van der Waals surface area contributed by atoms with Crippen molar-refractivity contribution in [3.8, 4) is 0 Å². The fraction of sp³-hybridized carbons (Fsp3) is 0.333. The van der Waals surface area contributed by atoms with Crippen LogP contribution in [0.1, 0.15) is 30.0 Å². The number of nitrogens with one attached hydrogen (secondary N) is 3. The van der Waals surface area contributed by atoms with E-state index in [4.69, 9.17) is 11.6 Å². The second-order valence-corrected chi connectivity index (χ2v) is 5.43. The van der Waals surface area contributed by atoms with E-state index in [0.29, 0.717) is 29.4 Å². The summed E-state index contributed by atoms with van der Waals surface area (Å²) in [6.45, 7) is 4.97. The van der Waals surface area contributed by atoms with E-state index < -0.39 is 11.6 Å². The molecule has 0 aliphatic rings. The van der Waals surface area contributed by atoms with Gasteiger partial charge in [-0.3, -0.25) is 14.6 Å². The molecule has 0 radical (unpaired) electrons. The number of aromatic amines is 2. The summed E-state index contributed by atoms with van der Waals surface area (Å²) in [4.78, 5) is 39.4. The fourth-order valence-electron chi connectivity index (χ4n) is 2.18. The zero-order valence-corrected chi connectivity index (χ0v) is 14.1. The number of amides is 2. The van der Waals surface area contributed by atoms with Crippen molar-refractivity contribution >= 4 is 29.1 Å². The number of anilines is 1. The highest BCUT2D eigenvalue weighted by atomic mass is 35.5. The molecule has 0 aliphatic carbocycles. The normalized spacial score (nSPS) is 10.5. The average molecular weight is 352 g/mol. The standard InChI is InChI=1S/C15H18ClN5O3/c1-3-21(4-2)14(23)9-5-6-10(16)11(7-9)17-13(22)8-12-18-15(24)20-19-12/h5-7H,3-4,8H2,1-2H3,(H,17,22)(H2,18,19,20,24). The highest BCUT2D eigenvalue weighted by molar-refractivity contribution is 6.33. The molecule has 1 heterocycles. The molecule has 0 fully saturated rings. The van der Waals surface area contributed by atoms with Gasteiger partial charge in [-0.2, -0.15) is 5.10 Å². The predicted octanol–water partition coefficient (Wildman–Crippen LogP) is 1.41. The number of rotatable bonds is 6. The third kappa shape index (κ3) is 4.23. The number of hydrogen-bond acceptors (Lipinski definition) is 4. The molecule has 2 rings (SSSR count). The van der Waals surface area contributed by atoms with Crippen molar-refractivity contribution in [3.05, 3.63) is 45.1 Å². The average Bonchev–Trinajstić information content (AvgIpc) is 2.95. The summed E-state index contributed by atoms with van der Waals surface area (Å²) >= 11 is 6.08. The molecule has 0 bridgehead atoms.